The minimum atomic E-state index is -3.51. The molecule has 4 heterocycles. The van der Waals surface area contributed by atoms with Crippen molar-refractivity contribution in [2.24, 2.45) is 5.41 Å². The zero-order chi connectivity index (χ0) is 34.4. The number of aryl methyl sites for hydroxylation is 1. The first-order chi connectivity index (χ1) is 22.8. The number of likely N-dealkylation sites (tertiary alicyclic amines) is 1. The van der Waals surface area contributed by atoms with E-state index in [1.54, 1.807) is 55.4 Å². The number of ketones is 1. The molecule has 0 unspecified atom stereocenters. The molecule has 0 radical (unpaired) electrons. The van der Waals surface area contributed by atoms with Crippen LogP contribution in [0.3, 0.4) is 0 Å². The third-order valence-corrected chi connectivity index (χ3v) is 10.9. The number of sulfonamides is 1. The number of aromatic nitrogens is 5. The molecule has 1 saturated carbocycles. The van der Waals surface area contributed by atoms with Gasteiger partial charge in [0.2, 0.25) is 21.8 Å². The molecule has 2 N–H and O–H groups in total. The molecule has 3 aromatic heterocycles. The highest BCUT2D eigenvalue weighted by Gasteiger charge is 2.67. The number of halogens is 1. The molecule has 1 aliphatic heterocycles. The van der Waals surface area contributed by atoms with E-state index in [-0.39, 0.29) is 54.5 Å². The Hall–Kier alpha value is -4.34. The van der Waals surface area contributed by atoms with Gasteiger partial charge < -0.3 is 10.2 Å². The average Bonchev–Trinajstić information content (AvgIpc) is 3.47. The SMILES string of the molecule is C=Cc1ccc(Br)nc1NC(=O)[C@@H]1C[C@@]2(CNS(=O)(=O)CCC)C[C@H]2N1C(=O)Cn1nc(C(C)=O)c2cc(-c3cnc(C)nc3)ccc21. The third kappa shape index (κ3) is 6.54. The Morgan fingerprint density at radius 1 is 1.12 bits per heavy atom. The van der Waals surface area contributed by atoms with Crippen LogP contribution in [0.1, 0.15) is 55.0 Å². The van der Waals surface area contributed by atoms with E-state index in [2.05, 4.69) is 52.6 Å². The van der Waals surface area contributed by atoms with E-state index < -0.39 is 27.4 Å². The maximum atomic E-state index is 14.2. The van der Waals surface area contributed by atoms with Crippen molar-refractivity contribution in [3.8, 4) is 11.1 Å². The van der Waals surface area contributed by atoms with Gasteiger partial charge in [0, 0.05) is 53.8 Å². The lowest BCUT2D eigenvalue weighted by Gasteiger charge is -2.27. The number of piperidine rings is 1. The molecule has 3 atom stereocenters. The van der Waals surface area contributed by atoms with Gasteiger partial charge >= 0.3 is 0 Å². The number of nitrogens with one attached hydrogen (secondary N) is 2. The maximum Gasteiger partial charge on any atom is 0.248 e. The Labute approximate surface area is 286 Å². The molecule has 4 aromatic rings. The highest BCUT2D eigenvalue weighted by atomic mass is 79.9. The zero-order valence-corrected chi connectivity index (χ0v) is 29.1. The fourth-order valence-corrected chi connectivity index (χ4v) is 7.96. The van der Waals surface area contributed by atoms with Crippen LogP contribution in [-0.4, -0.2) is 80.0 Å². The molecular formula is C33H35BrN8O5S. The summed E-state index contributed by atoms with van der Waals surface area (Å²) in [5.74, 6) is -0.173. The molecular weight excluding hydrogens is 700 g/mol. The van der Waals surface area contributed by atoms with Gasteiger partial charge in [-0.1, -0.05) is 25.6 Å². The average molecular weight is 736 g/mol. The van der Waals surface area contributed by atoms with Crippen LogP contribution in [0.5, 0.6) is 0 Å². The zero-order valence-electron chi connectivity index (χ0n) is 26.7. The number of pyridine rings is 1. The van der Waals surface area contributed by atoms with E-state index in [0.29, 0.717) is 39.7 Å². The molecule has 2 aliphatic rings. The van der Waals surface area contributed by atoms with E-state index in [9.17, 15) is 22.8 Å². The van der Waals surface area contributed by atoms with Gasteiger partial charge in [-0.2, -0.15) is 5.10 Å². The lowest BCUT2D eigenvalue weighted by molar-refractivity contribution is -0.138. The molecule has 2 fully saturated rings. The molecule has 1 saturated heterocycles. The smallest absolute Gasteiger partial charge is 0.248 e. The van der Waals surface area contributed by atoms with Crippen LogP contribution in [0.25, 0.3) is 28.1 Å². The molecule has 6 rings (SSSR count). The van der Waals surface area contributed by atoms with Crippen LogP contribution in [0.15, 0.2) is 53.9 Å². The lowest BCUT2D eigenvalue weighted by Crippen LogP contribution is -2.47. The van der Waals surface area contributed by atoms with Crippen LogP contribution in [0.4, 0.5) is 5.82 Å². The Bertz CT molecular complexity index is 2070. The summed E-state index contributed by atoms with van der Waals surface area (Å²) in [5.41, 5.74) is 2.37. The van der Waals surface area contributed by atoms with Gasteiger partial charge in [-0.15, -0.1) is 0 Å². The number of amides is 2. The molecule has 48 heavy (non-hydrogen) atoms. The van der Waals surface area contributed by atoms with Crippen LogP contribution in [0.2, 0.25) is 0 Å². The van der Waals surface area contributed by atoms with Gasteiger partial charge in [0.15, 0.2) is 5.78 Å². The van der Waals surface area contributed by atoms with Crippen LogP contribution in [0, 0.1) is 12.3 Å². The van der Waals surface area contributed by atoms with Crippen LogP contribution < -0.4 is 10.0 Å². The number of rotatable bonds is 12. The molecule has 1 aromatic carbocycles. The van der Waals surface area contributed by atoms with Crippen molar-refractivity contribution in [1.82, 2.24) is 34.4 Å². The summed E-state index contributed by atoms with van der Waals surface area (Å²) < 4.78 is 29.8. The van der Waals surface area contributed by atoms with Gasteiger partial charge in [0.1, 0.15) is 34.5 Å². The molecule has 0 spiro atoms. The Morgan fingerprint density at radius 3 is 2.56 bits per heavy atom. The normalized spacial score (nSPS) is 20.0. The summed E-state index contributed by atoms with van der Waals surface area (Å²) in [6.07, 6.45) is 6.26. The maximum absolute atomic E-state index is 14.2. The van der Waals surface area contributed by atoms with Crippen molar-refractivity contribution in [2.75, 3.05) is 17.6 Å². The van der Waals surface area contributed by atoms with E-state index in [0.717, 1.165) is 11.1 Å². The first kappa shape index (κ1) is 33.6. The number of benzene rings is 1. The predicted molar refractivity (Wildman–Crippen MR) is 184 cm³/mol. The summed E-state index contributed by atoms with van der Waals surface area (Å²) in [6.45, 7) is 8.68. The van der Waals surface area contributed by atoms with Crippen molar-refractivity contribution in [1.29, 1.82) is 0 Å². The lowest BCUT2D eigenvalue weighted by atomic mass is 9.99. The van der Waals surface area contributed by atoms with Crippen molar-refractivity contribution in [3.05, 3.63) is 71.0 Å². The molecule has 1 aliphatic carbocycles. The Kier molecular flexibility index (Phi) is 9.04. The predicted octanol–water partition coefficient (Wildman–Crippen LogP) is 4.13. The molecule has 2 amide bonds. The second kappa shape index (κ2) is 12.9. The van der Waals surface area contributed by atoms with E-state index in [1.807, 2.05) is 12.1 Å². The number of anilines is 1. The number of fused-ring (bicyclic) bond motifs is 2. The number of Topliss-reactive ketones (excluding diaryl/α,β-unsaturated/α-hetero) is 1. The van der Waals surface area contributed by atoms with Crippen molar-refractivity contribution in [3.63, 3.8) is 0 Å². The van der Waals surface area contributed by atoms with Gasteiger partial charge in [-0.25, -0.2) is 28.1 Å². The van der Waals surface area contributed by atoms with E-state index >= 15 is 0 Å². The van der Waals surface area contributed by atoms with E-state index in [4.69, 9.17) is 0 Å². The van der Waals surface area contributed by atoms with Gasteiger partial charge in [0.05, 0.1) is 11.3 Å². The van der Waals surface area contributed by atoms with Gasteiger partial charge in [-0.3, -0.25) is 19.1 Å². The highest BCUT2D eigenvalue weighted by Crippen LogP contribution is 2.59. The fourth-order valence-electron chi connectivity index (χ4n) is 6.46. The van der Waals surface area contributed by atoms with E-state index in [1.165, 1.54) is 11.6 Å². The standard InChI is InChI=1S/C33H35BrN8O5S/c1-5-11-48(46,47)37-18-33-13-26(32(45)39-31-21(6-2)8-10-28(34)38-31)42(27(33)14-33)29(44)17-41-25-9-7-22(23-15-35-20(4)36-16-23)12-24(25)30(40-41)19(3)43/h6-10,12,15-16,26-27,37H,2,5,11,13-14,17-18H2,1,3-4H3,(H,38,39,45)/t26-,27+,33-/m0/s1. The summed E-state index contributed by atoms with van der Waals surface area (Å²) in [7, 11) is -3.51. The van der Waals surface area contributed by atoms with Crippen LogP contribution in [-0.2, 0) is 26.2 Å². The summed E-state index contributed by atoms with van der Waals surface area (Å²) in [4.78, 5) is 55.2. The van der Waals surface area contributed by atoms with Crippen molar-refractivity contribution >= 4 is 66.3 Å². The number of carbonyl (C=O) groups excluding carboxylic acids is 3. The monoisotopic (exact) mass is 734 g/mol. The largest absolute Gasteiger partial charge is 0.325 e. The second-order valence-electron chi connectivity index (χ2n) is 12.3. The minimum absolute atomic E-state index is 0.0112. The van der Waals surface area contributed by atoms with Gasteiger partial charge in [-0.05, 0) is 71.9 Å². The summed E-state index contributed by atoms with van der Waals surface area (Å²) >= 11 is 3.33. The fraction of sp³-hybridized carbons (Fsp3) is 0.364. The highest BCUT2D eigenvalue weighted by molar-refractivity contribution is 9.10. The summed E-state index contributed by atoms with van der Waals surface area (Å²) in [5, 5.41) is 7.97. The number of hydrogen-bond acceptors (Lipinski definition) is 9. The molecule has 13 nitrogen and oxygen atoms in total. The quantitative estimate of drug-likeness (QED) is 0.161. The Morgan fingerprint density at radius 2 is 1.88 bits per heavy atom. The first-order valence-electron chi connectivity index (χ1n) is 15.5. The summed E-state index contributed by atoms with van der Waals surface area (Å²) in [6, 6.07) is 7.71. The number of hydrogen-bond donors (Lipinski definition) is 2. The number of carbonyl (C=O) groups is 3. The van der Waals surface area contributed by atoms with Crippen LogP contribution >= 0.6 is 15.9 Å². The topological polar surface area (TPSA) is 169 Å². The first-order valence-corrected chi connectivity index (χ1v) is 18.0. The molecule has 0 bridgehead atoms. The van der Waals surface area contributed by atoms with Crippen molar-refractivity contribution in [2.45, 2.75) is 58.7 Å². The molecule has 15 heteroatoms. The minimum Gasteiger partial charge on any atom is -0.325 e. The number of nitrogens with zero attached hydrogens (tertiary/aromatic N) is 6. The second-order valence-corrected chi connectivity index (χ2v) is 15.1. The van der Waals surface area contributed by atoms with Gasteiger partial charge in [0.25, 0.3) is 0 Å². The Balaban J connectivity index is 1.31. The molecule has 250 valence electrons. The third-order valence-electron chi connectivity index (χ3n) is 8.96. The van der Waals surface area contributed by atoms with Crippen molar-refractivity contribution < 1.29 is 22.8 Å².